The minimum Gasteiger partial charge on any atom is -0.492 e. The lowest BCUT2D eigenvalue weighted by atomic mass is 10.1. The van der Waals surface area contributed by atoms with E-state index in [1.807, 2.05) is 26.0 Å². The van der Waals surface area contributed by atoms with E-state index in [1.165, 1.54) is 25.1 Å². The largest absolute Gasteiger partial charge is 0.492 e. The van der Waals surface area contributed by atoms with E-state index in [4.69, 9.17) is 4.74 Å². The molecule has 0 aromatic heterocycles. The summed E-state index contributed by atoms with van der Waals surface area (Å²) in [5.41, 5.74) is 1.76. The Balaban J connectivity index is 2.40. The van der Waals surface area contributed by atoms with Gasteiger partial charge in [0.25, 0.3) is 10.0 Å². The highest BCUT2D eigenvalue weighted by molar-refractivity contribution is 7.92. The maximum Gasteiger partial charge on any atom is 0.261 e. The molecule has 0 heterocycles. The van der Waals surface area contributed by atoms with Gasteiger partial charge in [-0.15, -0.1) is 0 Å². The van der Waals surface area contributed by atoms with Gasteiger partial charge in [-0.1, -0.05) is 25.1 Å². The Morgan fingerprint density at radius 2 is 1.80 bits per heavy atom. The molecule has 134 valence electrons. The SMILES string of the molecule is CCOc1ccc(S(=O)(=O)Nc2ccccc2CC)cc1NC(C)=O. The Hall–Kier alpha value is -2.54. The number of anilines is 2. The lowest BCUT2D eigenvalue weighted by Gasteiger charge is -2.15. The van der Waals surface area contributed by atoms with Crippen LogP contribution < -0.4 is 14.8 Å². The van der Waals surface area contributed by atoms with Gasteiger partial charge in [-0.05, 0) is 43.2 Å². The van der Waals surface area contributed by atoms with Crippen molar-refractivity contribution >= 4 is 27.3 Å². The van der Waals surface area contributed by atoms with Gasteiger partial charge < -0.3 is 10.1 Å². The van der Waals surface area contributed by atoms with Gasteiger partial charge in [0.1, 0.15) is 5.75 Å². The summed E-state index contributed by atoms with van der Waals surface area (Å²) in [6.45, 7) is 5.53. The fraction of sp³-hybridized carbons (Fsp3) is 0.278. The fourth-order valence-electron chi connectivity index (χ4n) is 2.38. The highest BCUT2D eigenvalue weighted by Gasteiger charge is 2.18. The average Bonchev–Trinajstić information content (AvgIpc) is 2.56. The minimum atomic E-state index is -3.79. The van der Waals surface area contributed by atoms with Crippen molar-refractivity contribution in [2.45, 2.75) is 32.1 Å². The van der Waals surface area contributed by atoms with Crippen LogP contribution in [-0.2, 0) is 21.2 Å². The summed E-state index contributed by atoms with van der Waals surface area (Å²) in [5.74, 6) is 0.116. The van der Waals surface area contributed by atoms with Crippen molar-refractivity contribution in [3.63, 3.8) is 0 Å². The first-order valence-electron chi connectivity index (χ1n) is 8.02. The third-order valence-electron chi connectivity index (χ3n) is 3.51. The predicted octanol–water partition coefficient (Wildman–Crippen LogP) is 3.41. The molecule has 0 spiro atoms. The number of nitrogens with one attached hydrogen (secondary N) is 2. The number of sulfonamides is 1. The van der Waals surface area contributed by atoms with Crippen LogP contribution in [0.3, 0.4) is 0 Å². The number of carbonyl (C=O) groups excluding carboxylic acids is 1. The van der Waals surface area contributed by atoms with E-state index in [0.717, 1.165) is 5.56 Å². The van der Waals surface area contributed by atoms with Crippen LogP contribution in [0.2, 0.25) is 0 Å². The van der Waals surface area contributed by atoms with Gasteiger partial charge in [-0.25, -0.2) is 8.42 Å². The molecule has 1 amide bonds. The van der Waals surface area contributed by atoms with E-state index in [2.05, 4.69) is 10.0 Å². The Morgan fingerprint density at radius 3 is 2.44 bits per heavy atom. The summed E-state index contributed by atoms with van der Waals surface area (Å²) in [6, 6.07) is 11.6. The summed E-state index contributed by atoms with van der Waals surface area (Å²) >= 11 is 0. The molecular formula is C18H22N2O4S. The van der Waals surface area contributed by atoms with E-state index >= 15 is 0 Å². The molecule has 7 heteroatoms. The molecule has 25 heavy (non-hydrogen) atoms. The second kappa shape index (κ2) is 8.02. The van der Waals surface area contributed by atoms with E-state index < -0.39 is 10.0 Å². The number of aryl methyl sites for hydroxylation is 1. The predicted molar refractivity (Wildman–Crippen MR) is 98.5 cm³/mol. The molecule has 0 atom stereocenters. The smallest absolute Gasteiger partial charge is 0.261 e. The Labute approximate surface area is 148 Å². The fourth-order valence-corrected chi connectivity index (χ4v) is 3.50. The number of ether oxygens (including phenoxy) is 1. The first-order chi connectivity index (χ1) is 11.9. The normalized spacial score (nSPS) is 11.0. The number of benzene rings is 2. The van der Waals surface area contributed by atoms with Gasteiger partial charge in [0.05, 0.1) is 22.9 Å². The van der Waals surface area contributed by atoms with Crippen LogP contribution in [0.4, 0.5) is 11.4 Å². The summed E-state index contributed by atoms with van der Waals surface area (Å²) in [7, 11) is -3.79. The zero-order chi connectivity index (χ0) is 18.4. The van der Waals surface area contributed by atoms with E-state index in [9.17, 15) is 13.2 Å². The van der Waals surface area contributed by atoms with E-state index in [1.54, 1.807) is 12.1 Å². The van der Waals surface area contributed by atoms with Crippen LogP contribution in [0.25, 0.3) is 0 Å². The Bertz CT molecular complexity index is 863. The molecule has 2 aromatic carbocycles. The minimum absolute atomic E-state index is 0.0469. The maximum absolute atomic E-state index is 12.7. The zero-order valence-electron chi connectivity index (χ0n) is 14.5. The van der Waals surface area contributed by atoms with Crippen molar-refractivity contribution in [1.82, 2.24) is 0 Å². The molecule has 0 aliphatic carbocycles. The van der Waals surface area contributed by atoms with Crippen molar-refractivity contribution in [3.05, 3.63) is 48.0 Å². The molecule has 0 aliphatic heterocycles. The van der Waals surface area contributed by atoms with E-state index in [-0.39, 0.29) is 10.8 Å². The van der Waals surface area contributed by atoms with Gasteiger partial charge in [0, 0.05) is 6.92 Å². The maximum atomic E-state index is 12.7. The summed E-state index contributed by atoms with van der Waals surface area (Å²) < 4.78 is 33.5. The molecule has 0 bridgehead atoms. The van der Waals surface area contributed by atoms with Crippen LogP contribution in [-0.4, -0.2) is 20.9 Å². The molecule has 2 N–H and O–H groups in total. The number of rotatable bonds is 7. The number of hydrogen-bond donors (Lipinski definition) is 2. The topological polar surface area (TPSA) is 84.5 Å². The molecule has 0 saturated heterocycles. The second-order valence-corrected chi connectivity index (χ2v) is 7.07. The summed E-state index contributed by atoms with van der Waals surface area (Å²) in [5, 5.41) is 2.60. The molecule has 0 fully saturated rings. The summed E-state index contributed by atoms with van der Waals surface area (Å²) in [4.78, 5) is 11.4. The quantitative estimate of drug-likeness (QED) is 0.790. The third kappa shape index (κ3) is 4.73. The number of hydrogen-bond acceptors (Lipinski definition) is 4. The molecule has 0 aliphatic rings. The molecule has 0 saturated carbocycles. The average molecular weight is 362 g/mol. The van der Waals surface area contributed by atoms with Crippen LogP contribution in [0.15, 0.2) is 47.4 Å². The summed E-state index contributed by atoms with van der Waals surface area (Å²) in [6.07, 6.45) is 0.707. The first-order valence-corrected chi connectivity index (χ1v) is 9.50. The lowest BCUT2D eigenvalue weighted by molar-refractivity contribution is -0.114. The molecular weight excluding hydrogens is 340 g/mol. The number of amides is 1. The number of para-hydroxylation sites is 1. The molecule has 2 aromatic rings. The van der Waals surface area contributed by atoms with Crippen LogP contribution in [0.5, 0.6) is 5.75 Å². The van der Waals surface area contributed by atoms with Crippen LogP contribution in [0, 0.1) is 0 Å². The van der Waals surface area contributed by atoms with Gasteiger partial charge in [-0.2, -0.15) is 0 Å². The highest BCUT2D eigenvalue weighted by Crippen LogP contribution is 2.29. The van der Waals surface area contributed by atoms with Crippen LogP contribution >= 0.6 is 0 Å². The van der Waals surface area contributed by atoms with Gasteiger partial charge in [-0.3, -0.25) is 9.52 Å². The molecule has 6 nitrogen and oxygen atoms in total. The standard InChI is InChI=1S/C18H22N2O4S/c1-4-14-8-6-7-9-16(14)20-25(22,23)15-10-11-18(24-5-2)17(12-15)19-13(3)21/h6-12,20H,4-5H2,1-3H3,(H,19,21). The van der Waals surface area contributed by atoms with Crippen molar-refractivity contribution in [2.75, 3.05) is 16.6 Å². The molecule has 0 unspecified atom stereocenters. The Kier molecular flexibility index (Phi) is 6.03. The number of carbonyl (C=O) groups is 1. The first kappa shape index (κ1) is 18.8. The zero-order valence-corrected chi connectivity index (χ0v) is 15.3. The Morgan fingerprint density at radius 1 is 1.08 bits per heavy atom. The third-order valence-corrected chi connectivity index (χ3v) is 4.88. The highest BCUT2D eigenvalue weighted by atomic mass is 32.2. The van der Waals surface area contributed by atoms with Gasteiger partial charge in [0.2, 0.25) is 5.91 Å². The van der Waals surface area contributed by atoms with Crippen molar-refractivity contribution in [3.8, 4) is 5.75 Å². The molecule has 2 rings (SSSR count). The van der Waals surface area contributed by atoms with Gasteiger partial charge >= 0.3 is 0 Å². The second-order valence-electron chi connectivity index (χ2n) is 5.39. The van der Waals surface area contributed by atoms with Crippen LogP contribution in [0.1, 0.15) is 26.3 Å². The van der Waals surface area contributed by atoms with Gasteiger partial charge in [0.15, 0.2) is 0 Å². The lowest BCUT2D eigenvalue weighted by Crippen LogP contribution is -2.15. The van der Waals surface area contributed by atoms with Crippen molar-refractivity contribution in [1.29, 1.82) is 0 Å². The van der Waals surface area contributed by atoms with E-state index in [0.29, 0.717) is 30.2 Å². The monoisotopic (exact) mass is 362 g/mol. The molecule has 0 radical (unpaired) electrons. The van der Waals surface area contributed by atoms with Crippen molar-refractivity contribution in [2.24, 2.45) is 0 Å². The van der Waals surface area contributed by atoms with Crippen molar-refractivity contribution < 1.29 is 17.9 Å².